The molecule has 1 aromatic rings. The fourth-order valence-corrected chi connectivity index (χ4v) is 1.78. The molecule has 1 aliphatic heterocycles. The standard InChI is InChI=1S/C13H15NO/c1-2-3-4-9-12-10-7-5-6-8-11(10)13(15)14-12/h5-9H,2-4H2,1H3,(H,14,15)/b12-9+. The molecule has 0 aromatic heterocycles. The normalized spacial score (nSPS) is 16.6. The minimum Gasteiger partial charge on any atom is -0.322 e. The molecule has 1 amide bonds. The average Bonchev–Trinajstić information content (AvgIpc) is 2.58. The largest absolute Gasteiger partial charge is 0.322 e. The first kappa shape index (κ1) is 9.97. The summed E-state index contributed by atoms with van der Waals surface area (Å²) in [6, 6.07) is 7.72. The Balaban J connectivity index is 2.24. The van der Waals surface area contributed by atoms with Crippen LogP contribution in [0.5, 0.6) is 0 Å². The van der Waals surface area contributed by atoms with Crippen LogP contribution in [0.4, 0.5) is 0 Å². The van der Waals surface area contributed by atoms with Crippen LogP contribution in [0, 0.1) is 0 Å². The van der Waals surface area contributed by atoms with Crippen molar-refractivity contribution in [2.75, 3.05) is 0 Å². The molecule has 0 atom stereocenters. The van der Waals surface area contributed by atoms with Gasteiger partial charge in [-0.3, -0.25) is 4.79 Å². The van der Waals surface area contributed by atoms with Crippen molar-refractivity contribution in [3.05, 3.63) is 41.5 Å². The number of allylic oxidation sites excluding steroid dienone is 1. The molecule has 2 rings (SSSR count). The van der Waals surface area contributed by atoms with Crippen molar-refractivity contribution in [3.63, 3.8) is 0 Å². The van der Waals surface area contributed by atoms with Crippen molar-refractivity contribution in [1.82, 2.24) is 5.32 Å². The highest BCUT2D eigenvalue weighted by molar-refractivity contribution is 6.09. The van der Waals surface area contributed by atoms with Gasteiger partial charge in [0.1, 0.15) is 0 Å². The van der Waals surface area contributed by atoms with Gasteiger partial charge in [-0.05, 0) is 18.9 Å². The Morgan fingerprint density at radius 1 is 1.27 bits per heavy atom. The highest BCUT2D eigenvalue weighted by atomic mass is 16.1. The molecule has 0 radical (unpaired) electrons. The molecule has 15 heavy (non-hydrogen) atoms. The van der Waals surface area contributed by atoms with E-state index in [2.05, 4.69) is 18.3 Å². The molecule has 0 spiro atoms. The van der Waals surface area contributed by atoms with E-state index in [9.17, 15) is 4.79 Å². The van der Waals surface area contributed by atoms with Crippen LogP contribution in [-0.2, 0) is 0 Å². The van der Waals surface area contributed by atoms with Crippen molar-refractivity contribution in [1.29, 1.82) is 0 Å². The summed E-state index contributed by atoms with van der Waals surface area (Å²) in [5.41, 5.74) is 2.81. The van der Waals surface area contributed by atoms with Crippen LogP contribution in [0.15, 0.2) is 30.3 Å². The molecule has 78 valence electrons. The maximum Gasteiger partial charge on any atom is 0.256 e. The van der Waals surface area contributed by atoms with E-state index in [4.69, 9.17) is 0 Å². The van der Waals surface area contributed by atoms with Gasteiger partial charge < -0.3 is 5.32 Å². The predicted octanol–water partition coefficient (Wildman–Crippen LogP) is 2.96. The first-order chi connectivity index (χ1) is 7.33. The number of carbonyl (C=O) groups excluding carboxylic acids is 1. The minimum absolute atomic E-state index is 0.0216. The van der Waals surface area contributed by atoms with Crippen molar-refractivity contribution in [2.24, 2.45) is 0 Å². The summed E-state index contributed by atoms with van der Waals surface area (Å²) in [6.45, 7) is 2.17. The molecule has 2 nitrogen and oxygen atoms in total. The second-order valence-corrected chi connectivity index (χ2v) is 3.76. The van der Waals surface area contributed by atoms with Crippen LogP contribution >= 0.6 is 0 Å². The van der Waals surface area contributed by atoms with Gasteiger partial charge in [-0.2, -0.15) is 0 Å². The molecule has 0 unspecified atom stereocenters. The number of amides is 1. The number of benzene rings is 1. The fraction of sp³-hybridized carbons (Fsp3) is 0.308. The van der Waals surface area contributed by atoms with Gasteiger partial charge in [0.25, 0.3) is 5.91 Å². The summed E-state index contributed by atoms with van der Waals surface area (Å²) in [4.78, 5) is 11.6. The first-order valence-electron chi connectivity index (χ1n) is 5.44. The van der Waals surface area contributed by atoms with E-state index in [-0.39, 0.29) is 5.91 Å². The van der Waals surface area contributed by atoms with E-state index in [1.54, 1.807) is 0 Å². The third-order valence-electron chi connectivity index (χ3n) is 2.62. The molecule has 0 bridgehead atoms. The Bertz CT molecular complexity index is 407. The number of carbonyl (C=O) groups is 1. The highest BCUT2D eigenvalue weighted by Gasteiger charge is 2.21. The number of rotatable bonds is 3. The van der Waals surface area contributed by atoms with Gasteiger partial charge in [-0.25, -0.2) is 0 Å². The van der Waals surface area contributed by atoms with Crippen LogP contribution in [0.2, 0.25) is 0 Å². The lowest BCUT2D eigenvalue weighted by atomic mass is 10.1. The highest BCUT2D eigenvalue weighted by Crippen LogP contribution is 2.24. The maximum atomic E-state index is 11.6. The summed E-state index contributed by atoms with van der Waals surface area (Å²) in [7, 11) is 0. The molecule has 1 N–H and O–H groups in total. The molecular weight excluding hydrogens is 186 g/mol. The number of unbranched alkanes of at least 4 members (excludes halogenated alkanes) is 2. The summed E-state index contributed by atoms with van der Waals surface area (Å²) < 4.78 is 0. The Morgan fingerprint density at radius 2 is 2.00 bits per heavy atom. The average molecular weight is 201 g/mol. The van der Waals surface area contributed by atoms with E-state index < -0.39 is 0 Å². The van der Waals surface area contributed by atoms with E-state index in [0.717, 1.165) is 23.2 Å². The molecule has 0 saturated heterocycles. The zero-order valence-corrected chi connectivity index (χ0v) is 8.92. The first-order valence-corrected chi connectivity index (χ1v) is 5.44. The summed E-state index contributed by atoms with van der Waals surface area (Å²) >= 11 is 0. The smallest absolute Gasteiger partial charge is 0.256 e. The van der Waals surface area contributed by atoms with Gasteiger partial charge in [0, 0.05) is 16.8 Å². The number of hydrogen-bond acceptors (Lipinski definition) is 1. The Morgan fingerprint density at radius 3 is 2.73 bits per heavy atom. The predicted molar refractivity (Wildman–Crippen MR) is 61.4 cm³/mol. The summed E-state index contributed by atoms with van der Waals surface area (Å²) in [5, 5.41) is 2.90. The minimum atomic E-state index is 0.0216. The second kappa shape index (κ2) is 4.30. The zero-order chi connectivity index (χ0) is 10.7. The summed E-state index contributed by atoms with van der Waals surface area (Å²) in [5.74, 6) is 0.0216. The summed E-state index contributed by atoms with van der Waals surface area (Å²) in [6.07, 6.45) is 5.49. The van der Waals surface area contributed by atoms with Gasteiger partial charge >= 0.3 is 0 Å². The molecule has 0 aliphatic carbocycles. The Hall–Kier alpha value is -1.57. The van der Waals surface area contributed by atoms with Crippen LogP contribution in [-0.4, -0.2) is 5.91 Å². The second-order valence-electron chi connectivity index (χ2n) is 3.76. The van der Waals surface area contributed by atoms with Crippen molar-refractivity contribution in [3.8, 4) is 0 Å². The maximum absolute atomic E-state index is 11.6. The number of nitrogens with one attached hydrogen (secondary N) is 1. The lowest BCUT2D eigenvalue weighted by molar-refractivity contribution is 0.0981. The van der Waals surface area contributed by atoms with Gasteiger partial charge in [-0.15, -0.1) is 0 Å². The molecule has 0 fully saturated rings. The molecule has 1 aliphatic rings. The van der Waals surface area contributed by atoms with Crippen LogP contribution in [0.25, 0.3) is 5.70 Å². The van der Waals surface area contributed by atoms with Crippen molar-refractivity contribution < 1.29 is 4.79 Å². The molecule has 0 saturated carbocycles. The molecular formula is C13H15NO. The van der Waals surface area contributed by atoms with Crippen molar-refractivity contribution in [2.45, 2.75) is 26.2 Å². The van der Waals surface area contributed by atoms with E-state index in [1.165, 1.54) is 12.8 Å². The van der Waals surface area contributed by atoms with Gasteiger partial charge in [0.15, 0.2) is 0 Å². The molecule has 1 aromatic carbocycles. The lowest BCUT2D eigenvalue weighted by Gasteiger charge is -1.98. The monoisotopic (exact) mass is 201 g/mol. The van der Waals surface area contributed by atoms with Gasteiger partial charge in [0.2, 0.25) is 0 Å². The van der Waals surface area contributed by atoms with E-state index >= 15 is 0 Å². The van der Waals surface area contributed by atoms with Crippen LogP contribution in [0.3, 0.4) is 0 Å². The molecule has 2 heteroatoms. The van der Waals surface area contributed by atoms with E-state index in [1.807, 2.05) is 24.3 Å². The third-order valence-corrected chi connectivity index (χ3v) is 2.62. The van der Waals surface area contributed by atoms with Crippen LogP contribution in [0.1, 0.15) is 42.1 Å². The SMILES string of the molecule is CCCC/C=C1/NC(=O)c2ccccc21. The van der Waals surface area contributed by atoms with Gasteiger partial charge in [0.05, 0.1) is 0 Å². The Labute approximate surface area is 90.0 Å². The number of fused-ring (bicyclic) bond motifs is 1. The topological polar surface area (TPSA) is 29.1 Å². The van der Waals surface area contributed by atoms with Crippen LogP contribution < -0.4 is 5.32 Å². The number of hydrogen-bond donors (Lipinski definition) is 1. The van der Waals surface area contributed by atoms with Gasteiger partial charge in [-0.1, -0.05) is 37.6 Å². The fourth-order valence-electron chi connectivity index (χ4n) is 1.78. The van der Waals surface area contributed by atoms with E-state index in [0.29, 0.717) is 0 Å². The molecule has 1 heterocycles. The Kier molecular flexibility index (Phi) is 2.86. The van der Waals surface area contributed by atoms with Crippen molar-refractivity contribution >= 4 is 11.6 Å². The quantitative estimate of drug-likeness (QED) is 0.748. The lowest BCUT2D eigenvalue weighted by Crippen LogP contribution is -2.11. The third kappa shape index (κ3) is 1.94. The zero-order valence-electron chi connectivity index (χ0n) is 8.92.